The van der Waals surface area contributed by atoms with Gasteiger partial charge in [-0.25, -0.2) is 10.7 Å². The quantitative estimate of drug-likeness (QED) is 0.504. The van der Waals surface area contributed by atoms with Crippen molar-refractivity contribution in [3.05, 3.63) is 0 Å². The van der Waals surface area contributed by atoms with E-state index < -0.39 is 11.6 Å². The van der Waals surface area contributed by atoms with Gasteiger partial charge in [0.05, 0.1) is 13.2 Å². The number of methoxy groups -OCH3 is 1. The number of rotatable bonds is 6. The maximum Gasteiger partial charge on any atom is 0.343 e. The molecule has 0 aromatic carbocycles. The first-order valence-electron chi connectivity index (χ1n) is 4.59. The molecule has 0 heterocycles. The predicted octanol–water partition coefficient (Wildman–Crippen LogP) is 0.481. The minimum absolute atomic E-state index is 0.0833. The van der Waals surface area contributed by atoms with Crippen LogP contribution in [0.5, 0.6) is 0 Å². The third kappa shape index (κ3) is 2.67. The number of carbonyl (C=O) groups excluding carboxylic acids is 1. The van der Waals surface area contributed by atoms with E-state index in [-0.39, 0.29) is 12.5 Å². The van der Waals surface area contributed by atoms with Gasteiger partial charge in [-0.15, -0.1) is 0 Å². The molecule has 0 radical (unpaired) electrons. The van der Waals surface area contributed by atoms with Crippen molar-refractivity contribution < 1.29 is 19.1 Å². The molecule has 1 atom stereocenters. The van der Waals surface area contributed by atoms with Crippen LogP contribution in [0.1, 0.15) is 20.8 Å². The highest BCUT2D eigenvalue weighted by Crippen LogP contribution is 2.22. The molecule has 0 saturated carbocycles. The zero-order chi connectivity index (χ0) is 11.2. The molecule has 0 amide bonds. The van der Waals surface area contributed by atoms with E-state index in [9.17, 15) is 4.79 Å². The average molecular weight is 205 g/mol. The molecule has 2 N–H and O–H groups in total. The molecule has 0 aliphatic carbocycles. The summed E-state index contributed by atoms with van der Waals surface area (Å²) in [6.07, 6.45) is 0. The average Bonchev–Trinajstić information content (AvgIpc) is 2.14. The normalized spacial score (nSPS) is 15.3. The van der Waals surface area contributed by atoms with Gasteiger partial charge < -0.3 is 9.47 Å². The summed E-state index contributed by atoms with van der Waals surface area (Å²) in [5, 5.41) is 0. The van der Waals surface area contributed by atoms with E-state index in [4.69, 9.17) is 20.2 Å². The Hall–Kier alpha value is -0.650. The van der Waals surface area contributed by atoms with Crippen molar-refractivity contribution >= 4 is 5.97 Å². The van der Waals surface area contributed by atoms with Crippen molar-refractivity contribution in [2.45, 2.75) is 26.4 Å². The van der Waals surface area contributed by atoms with Gasteiger partial charge in [-0.1, -0.05) is 13.8 Å². The summed E-state index contributed by atoms with van der Waals surface area (Å²) in [7, 11) is 1.48. The fraction of sp³-hybridized carbons (Fsp3) is 0.889. The van der Waals surface area contributed by atoms with Gasteiger partial charge in [0.15, 0.2) is 0 Å². The molecule has 84 valence electrons. The lowest BCUT2D eigenvalue weighted by Gasteiger charge is -2.31. The van der Waals surface area contributed by atoms with Crippen molar-refractivity contribution in [3.8, 4) is 0 Å². The summed E-state index contributed by atoms with van der Waals surface area (Å²) in [5.74, 6) is 4.54. The van der Waals surface area contributed by atoms with Crippen LogP contribution in [0.4, 0.5) is 0 Å². The molecule has 0 spiro atoms. The zero-order valence-electron chi connectivity index (χ0n) is 9.20. The third-order valence-electron chi connectivity index (χ3n) is 2.12. The summed E-state index contributed by atoms with van der Waals surface area (Å²) in [4.78, 5) is 16.4. The van der Waals surface area contributed by atoms with Crippen LogP contribution in [-0.2, 0) is 19.1 Å². The second-order valence-corrected chi connectivity index (χ2v) is 3.32. The Morgan fingerprint density at radius 3 is 2.36 bits per heavy atom. The first-order chi connectivity index (χ1) is 6.55. The van der Waals surface area contributed by atoms with Crippen molar-refractivity contribution in [1.82, 2.24) is 0 Å². The highest BCUT2D eigenvalue weighted by atomic mass is 16.7. The maximum absolute atomic E-state index is 11.6. The fourth-order valence-corrected chi connectivity index (χ4v) is 1.15. The topological polar surface area (TPSA) is 70.8 Å². The molecule has 0 unspecified atom stereocenters. The third-order valence-corrected chi connectivity index (χ3v) is 2.12. The van der Waals surface area contributed by atoms with E-state index in [1.54, 1.807) is 6.92 Å². The number of hydrogen-bond donors (Lipinski definition) is 1. The molecule has 0 rings (SSSR count). The predicted molar refractivity (Wildman–Crippen MR) is 51.4 cm³/mol. The highest BCUT2D eigenvalue weighted by molar-refractivity contribution is 5.80. The number of hydrogen-bond acceptors (Lipinski definition) is 5. The van der Waals surface area contributed by atoms with Crippen LogP contribution in [-0.4, -0.2) is 31.9 Å². The van der Waals surface area contributed by atoms with E-state index in [0.717, 1.165) is 0 Å². The van der Waals surface area contributed by atoms with Crippen LogP contribution in [0.25, 0.3) is 0 Å². The Kier molecular flexibility index (Phi) is 5.68. The summed E-state index contributed by atoms with van der Waals surface area (Å²) in [5.41, 5.74) is -1.20. The number of carbonyl (C=O) groups is 1. The molecular weight excluding hydrogens is 186 g/mol. The zero-order valence-corrected chi connectivity index (χ0v) is 9.20. The lowest BCUT2D eigenvalue weighted by molar-refractivity contribution is -0.189. The van der Waals surface area contributed by atoms with Crippen LogP contribution in [0.15, 0.2) is 0 Å². The standard InChI is InChI=1S/C9H19NO4/c1-5-13-8(11)9(14-10,6-12-4)7(2)3/h7H,5-6,10H2,1-4H3/t9-/m0/s1. The maximum atomic E-state index is 11.6. The van der Waals surface area contributed by atoms with Gasteiger partial charge in [0.25, 0.3) is 0 Å². The lowest BCUT2D eigenvalue weighted by Crippen LogP contribution is -2.53. The van der Waals surface area contributed by atoms with E-state index in [1.807, 2.05) is 13.8 Å². The van der Waals surface area contributed by atoms with Crippen LogP contribution in [0.2, 0.25) is 0 Å². The summed E-state index contributed by atoms with van der Waals surface area (Å²) < 4.78 is 9.81. The number of nitrogens with two attached hydrogens (primary N) is 1. The Bertz CT molecular complexity index is 184. The molecule has 0 aromatic rings. The summed E-state index contributed by atoms with van der Waals surface area (Å²) >= 11 is 0. The number of esters is 1. The van der Waals surface area contributed by atoms with Crippen molar-refractivity contribution in [3.63, 3.8) is 0 Å². The van der Waals surface area contributed by atoms with E-state index >= 15 is 0 Å². The van der Waals surface area contributed by atoms with Crippen LogP contribution < -0.4 is 5.90 Å². The number of ether oxygens (including phenoxy) is 2. The molecule has 0 fully saturated rings. The van der Waals surface area contributed by atoms with Crippen molar-refractivity contribution in [2.75, 3.05) is 20.3 Å². The molecule has 0 aliphatic heterocycles. The molecule has 0 saturated heterocycles. The second kappa shape index (κ2) is 5.95. The van der Waals surface area contributed by atoms with Gasteiger partial charge in [0, 0.05) is 7.11 Å². The molecule has 14 heavy (non-hydrogen) atoms. The van der Waals surface area contributed by atoms with E-state index in [0.29, 0.717) is 6.61 Å². The fourth-order valence-electron chi connectivity index (χ4n) is 1.15. The Morgan fingerprint density at radius 1 is 1.50 bits per heavy atom. The van der Waals surface area contributed by atoms with Gasteiger partial charge in [0.2, 0.25) is 5.60 Å². The minimum atomic E-state index is -1.20. The minimum Gasteiger partial charge on any atom is -0.464 e. The van der Waals surface area contributed by atoms with Gasteiger partial charge in [-0.3, -0.25) is 4.84 Å². The summed E-state index contributed by atoms with van der Waals surface area (Å²) in [6, 6.07) is 0. The lowest BCUT2D eigenvalue weighted by atomic mass is 9.91. The molecule has 0 bridgehead atoms. The second-order valence-electron chi connectivity index (χ2n) is 3.32. The van der Waals surface area contributed by atoms with Crippen molar-refractivity contribution in [1.29, 1.82) is 0 Å². The Balaban J connectivity index is 4.73. The smallest absolute Gasteiger partial charge is 0.343 e. The van der Waals surface area contributed by atoms with E-state index in [1.165, 1.54) is 7.11 Å². The monoisotopic (exact) mass is 205 g/mol. The highest BCUT2D eigenvalue weighted by Gasteiger charge is 2.44. The van der Waals surface area contributed by atoms with Gasteiger partial charge in [0.1, 0.15) is 0 Å². The van der Waals surface area contributed by atoms with Crippen molar-refractivity contribution in [2.24, 2.45) is 11.8 Å². The van der Waals surface area contributed by atoms with Gasteiger partial charge in [-0.2, -0.15) is 0 Å². The first kappa shape index (κ1) is 13.4. The molecule has 5 heteroatoms. The van der Waals surface area contributed by atoms with Crippen LogP contribution in [0, 0.1) is 5.92 Å². The molecule has 0 aliphatic rings. The molecule has 5 nitrogen and oxygen atoms in total. The summed E-state index contributed by atoms with van der Waals surface area (Å²) in [6.45, 7) is 5.75. The Labute approximate surface area is 84.5 Å². The van der Waals surface area contributed by atoms with Crippen LogP contribution in [0.3, 0.4) is 0 Å². The van der Waals surface area contributed by atoms with Gasteiger partial charge >= 0.3 is 5.97 Å². The van der Waals surface area contributed by atoms with Gasteiger partial charge in [-0.05, 0) is 12.8 Å². The molecule has 0 aromatic heterocycles. The first-order valence-corrected chi connectivity index (χ1v) is 4.59. The molecular formula is C9H19NO4. The SMILES string of the molecule is CCOC(=O)[C@@](COC)(ON)C(C)C. The van der Waals surface area contributed by atoms with E-state index in [2.05, 4.69) is 0 Å². The largest absolute Gasteiger partial charge is 0.464 e. The Morgan fingerprint density at radius 2 is 2.07 bits per heavy atom. The van der Waals surface area contributed by atoms with Crippen LogP contribution >= 0.6 is 0 Å².